The molecule has 2 bridgehead atoms. The molecule has 0 spiro atoms. The topological polar surface area (TPSA) is 88.1 Å². The molecule has 2 aliphatic rings. The number of amides is 1. The lowest BCUT2D eigenvalue weighted by Gasteiger charge is -2.32. The highest BCUT2D eigenvalue weighted by Gasteiger charge is 2.44. The van der Waals surface area contributed by atoms with Gasteiger partial charge in [-0.05, 0) is 12.3 Å². The Bertz CT molecular complexity index is 473. The Morgan fingerprint density at radius 1 is 1.35 bits per heavy atom. The van der Waals surface area contributed by atoms with Crippen molar-refractivity contribution in [1.29, 1.82) is 0 Å². The Kier molecular flexibility index (Phi) is 8.78. The zero-order valence-corrected chi connectivity index (χ0v) is 15.2. The van der Waals surface area contributed by atoms with Crippen LogP contribution in [-0.4, -0.2) is 80.2 Å². The first kappa shape index (κ1) is 22.7. The molecule has 2 fully saturated rings. The average Bonchev–Trinajstić information content (AvgIpc) is 2.84. The first-order valence-electron chi connectivity index (χ1n) is 8.49. The number of nitrogens with zero attached hydrogens (tertiary/aromatic N) is 1. The number of halogens is 3. The summed E-state index contributed by atoms with van der Waals surface area (Å²) in [6.45, 7) is 8.40. The van der Waals surface area contributed by atoms with Crippen molar-refractivity contribution in [3.8, 4) is 0 Å². The van der Waals surface area contributed by atoms with Gasteiger partial charge in [0.1, 0.15) is 0 Å². The molecular weight excluding hydrogens is 357 g/mol. The second-order valence-corrected chi connectivity index (χ2v) is 6.83. The van der Waals surface area contributed by atoms with Crippen LogP contribution < -0.4 is 5.32 Å². The molecule has 2 heterocycles. The van der Waals surface area contributed by atoms with Gasteiger partial charge in [0, 0.05) is 33.3 Å². The Balaban J connectivity index is 0.000000412. The number of alkyl halides is 3. The van der Waals surface area contributed by atoms with Crippen LogP contribution >= 0.6 is 0 Å². The molecule has 0 saturated carbocycles. The van der Waals surface area contributed by atoms with Crippen LogP contribution in [0.15, 0.2) is 0 Å². The lowest BCUT2D eigenvalue weighted by molar-refractivity contribution is -0.192. The summed E-state index contributed by atoms with van der Waals surface area (Å²) in [4.78, 5) is 23.4. The summed E-state index contributed by atoms with van der Waals surface area (Å²) in [5.41, 5.74) is 0. The molecule has 0 aromatic heterocycles. The Morgan fingerprint density at radius 3 is 2.46 bits per heavy atom. The number of carboxylic acid groups (broad SMARTS) is 1. The zero-order valence-electron chi connectivity index (χ0n) is 15.2. The number of morpholine rings is 1. The van der Waals surface area contributed by atoms with E-state index in [0.717, 1.165) is 39.2 Å². The normalized spacial score (nSPS) is 25.6. The van der Waals surface area contributed by atoms with E-state index in [9.17, 15) is 18.0 Å². The maximum absolute atomic E-state index is 12.2. The van der Waals surface area contributed by atoms with Gasteiger partial charge in [0.2, 0.25) is 5.91 Å². The van der Waals surface area contributed by atoms with Crippen LogP contribution in [0.2, 0.25) is 0 Å². The summed E-state index contributed by atoms with van der Waals surface area (Å²) >= 11 is 0. The molecule has 0 aromatic rings. The van der Waals surface area contributed by atoms with Crippen molar-refractivity contribution in [2.75, 3.05) is 39.9 Å². The number of aliphatic carboxylic acids is 1. The fourth-order valence-corrected chi connectivity index (χ4v) is 2.85. The highest BCUT2D eigenvalue weighted by molar-refractivity contribution is 5.79. The fourth-order valence-electron chi connectivity index (χ4n) is 2.85. The average molecular weight is 384 g/mol. The van der Waals surface area contributed by atoms with E-state index < -0.39 is 12.1 Å². The number of hydrogen-bond donors (Lipinski definition) is 2. The molecule has 3 atom stereocenters. The van der Waals surface area contributed by atoms with Gasteiger partial charge in [-0.1, -0.05) is 13.8 Å². The van der Waals surface area contributed by atoms with Crippen molar-refractivity contribution < 1.29 is 37.3 Å². The highest BCUT2D eigenvalue weighted by Crippen LogP contribution is 2.31. The van der Waals surface area contributed by atoms with E-state index in [1.54, 1.807) is 7.11 Å². The summed E-state index contributed by atoms with van der Waals surface area (Å²) in [5, 5.41) is 10.2. The number of likely N-dealkylation sites (tertiary alicyclic amines) is 1. The summed E-state index contributed by atoms with van der Waals surface area (Å²) in [7, 11) is 1.72. The molecule has 152 valence electrons. The molecule has 7 nitrogen and oxygen atoms in total. The van der Waals surface area contributed by atoms with Gasteiger partial charge in [0.25, 0.3) is 0 Å². The number of rotatable bonds is 6. The number of carbonyl (C=O) groups is 2. The molecule has 2 N–H and O–H groups in total. The maximum Gasteiger partial charge on any atom is 0.490 e. The number of hydrogen-bond acceptors (Lipinski definition) is 5. The van der Waals surface area contributed by atoms with Gasteiger partial charge in [0.05, 0.1) is 24.7 Å². The number of methoxy groups -OCH3 is 1. The number of nitrogens with one attached hydrogen (secondary N) is 1. The second-order valence-electron chi connectivity index (χ2n) is 6.83. The molecule has 0 radical (unpaired) electrons. The van der Waals surface area contributed by atoms with Crippen molar-refractivity contribution >= 4 is 11.9 Å². The highest BCUT2D eigenvalue weighted by atomic mass is 19.4. The van der Waals surface area contributed by atoms with Crippen LogP contribution in [0.5, 0.6) is 0 Å². The van der Waals surface area contributed by atoms with Crippen molar-refractivity contribution in [2.45, 2.75) is 38.7 Å². The van der Waals surface area contributed by atoms with E-state index in [1.807, 2.05) is 0 Å². The van der Waals surface area contributed by atoms with Crippen LogP contribution in [0.4, 0.5) is 13.2 Å². The minimum absolute atomic E-state index is 0.0243. The SMILES string of the molecule is COCCN1CC2CC(C(=O)NCC(C)C)C(C1)O2.O=C(O)C(F)(F)F. The molecule has 3 unspecified atom stereocenters. The monoisotopic (exact) mass is 384 g/mol. The summed E-state index contributed by atoms with van der Waals surface area (Å²) in [6, 6.07) is 0. The van der Waals surface area contributed by atoms with E-state index in [1.165, 1.54) is 0 Å². The van der Waals surface area contributed by atoms with E-state index in [4.69, 9.17) is 19.4 Å². The van der Waals surface area contributed by atoms with Crippen LogP contribution in [0.3, 0.4) is 0 Å². The van der Waals surface area contributed by atoms with Gasteiger partial charge < -0.3 is 19.9 Å². The molecule has 10 heteroatoms. The fraction of sp³-hybridized carbons (Fsp3) is 0.875. The zero-order chi connectivity index (χ0) is 19.9. The molecule has 26 heavy (non-hydrogen) atoms. The second kappa shape index (κ2) is 10.1. The minimum atomic E-state index is -5.08. The first-order valence-corrected chi connectivity index (χ1v) is 8.49. The quantitative estimate of drug-likeness (QED) is 0.714. The molecule has 1 amide bonds. The van der Waals surface area contributed by atoms with Crippen molar-refractivity contribution in [3.63, 3.8) is 0 Å². The van der Waals surface area contributed by atoms with Gasteiger partial charge in [-0.2, -0.15) is 13.2 Å². The predicted molar refractivity (Wildman–Crippen MR) is 86.6 cm³/mol. The van der Waals surface area contributed by atoms with E-state index >= 15 is 0 Å². The smallest absolute Gasteiger partial charge is 0.475 e. The lowest BCUT2D eigenvalue weighted by atomic mass is 9.99. The van der Waals surface area contributed by atoms with Gasteiger partial charge >= 0.3 is 12.1 Å². The Hall–Kier alpha value is -1.39. The van der Waals surface area contributed by atoms with Crippen LogP contribution in [-0.2, 0) is 19.1 Å². The van der Waals surface area contributed by atoms with E-state index in [-0.39, 0.29) is 24.0 Å². The third-order valence-corrected chi connectivity index (χ3v) is 4.11. The lowest BCUT2D eigenvalue weighted by Crippen LogP contribution is -2.46. The largest absolute Gasteiger partial charge is 0.490 e. The first-order chi connectivity index (χ1) is 12.0. The number of carbonyl (C=O) groups excluding carboxylic acids is 1. The van der Waals surface area contributed by atoms with Crippen LogP contribution in [0.25, 0.3) is 0 Å². The van der Waals surface area contributed by atoms with Crippen molar-refractivity contribution in [2.24, 2.45) is 11.8 Å². The third kappa shape index (κ3) is 7.46. The minimum Gasteiger partial charge on any atom is -0.475 e. The molecule has 2 rings (SSSR count). The molecule has 2 saturated heterocycles. The molecular formula is C16H27F3N2O5. The summed E-state index contributed by atoms with van der Waals surface area (Å²) in [6.07, 6.45) is -3.95. The van der Waals surface area contributed by atoms with E-state index in [2.05, 4.69) is 24.1 Å². The summed E-state index contributed by atoms with van der Waals surface area (Å²) < 4.78 is 42.8. The Labute approximate surface area is 150 Å². The van der Waals surface area contributed by atoms with Gasteiger partial charge in [-0.3, -0.25) is 9.69 Å². The van der Waals surface area contributed by atoms with Crippen LogP contribution in [0, 0.1) is 11.8 Å². The van der Waals surface area contributed by atoms with Gasteiger partial charge in [-0.15, -0.1) is 0 Å². The van der Waals surface area contributed by atoms with Gasteiger partial charge in [-0.25, -0.2) is 4.79 Å². The Morgan fingerprint density at radius 2 is 1.96 bits per heavy atom. The molecule has 2 aliphatic heterocycles. The van der Waals surface area contributed by atoms with Crippen molar-refractivity contribution in [3.05, 3.63) is 0 Å². The molecule has 0 aromatic carbocycles. The van der Waals surface area contributed by atoms with Crippen molar-refractivity contribution in [1.82, 2.24) is 10.2 Å². The predicted octanol–water partition coefficient (Wildman–Crippen LogP) is 1.13. The van der Waals surface area contributed by atoms with Gasteiger partial charge in [0.15, 0.2) is 0 Å². The number of carboxylic acids is 1. The number of fused-ring (bicyclic) bond motifs is 2. The maximum atomic E-state index is 12.2. The standard InChI is InChI=1S/C14H26N2O3.C2HF3O2/c1-10(2)7-15-14(17)12-6-11-8-16(4-5-18-3)9-13(12)19-11;3-2(4,5)1(6)7/h10-13H,4-9H2,1-3H3,(H,15,17);(H,6,7). The number of ether oxygens (including phenoxy) is 2. The molecule has 0 aliphatic carbocycles. The van der Waals surface area contributed by atoms with Crippen LogP contribution in [0.1, 0.15) is 20.3 Å². The summed E-state index contributed by atoms with van der Waals surface area (Å²) in [5.74, 6) is -2.08. The van der Waals surface area contributed by atoms with E-state index in [0.29, 0.717) is 5.92 Å². The third-order valence-electron chi connectivity index (χ3n) is 4.11.